The topological polar surface area (TPSA) is 9.23 Å². The zero-order chi connectivity index (χ0) is 12.3. The molecule has 1 nitrogen and oxygen atoms in total. The van der Waals surface area contributed by atoms with Gasteiger partial charge in [0.1, 0.15) is 5.75 Å². The van der Waals surface area contributed by atoms with Gasteiger partial charge in [0.05, 0.1) is 7.11 Å². The van der Waals surface area contributed by atoms with Gasteiger partial charge in [-0.2, -0.15) is 0 Å². The molecule has 0 N–H and O–H groups in total. The number of methoxy groups -OCH3 is 1. The van der Waals surface area contributed by atoms with E-state index in [1.165, 1.54) is 22.3 Å². The Balaban J connectivity index is 2.48. The Morgan fingerprint density at radius 1 is 1.00 bits per heavy atom. The third kappa shape index (κ3) is 2.33. The first-order valence-electron chi connectivity index (χ1n) is 5.99. The van der Waals surface area contributed by atoms with E-state index in [-0.39, 0.29) is 0 Å². The molecule has 0 aliphatic rings. The van der Waals surface area contributed by atoms with Crippen molar-refractivity contribution in [1.29, 1.82) is 0 Å². The molecule has 0 aliphatic heterocycles. The van der Waals surface area contributed by atoms with E-state index in [2.05, 4.69) is 44.2 Å². The summed E-state index contributed by atoms with van der Waals surface area (Å²) in [6.07, 6.45) is 1.06. The molecular weight excluding hydrogens is 208 g/mol. The second-order valence-corrected chi connectivity index (χ2v) is 4.18. The van der Waals surface area contributed by atoms with Crippen molar-refractivity contribution in [3.8, 4) is 16.9 Å². The first kappa shape index (κ1) is 11.7. The fourth-order valence-electron chi connectivity index (χ4n) is 2.21. The fraction of sp³-hybridized carbons (Fsp3) is 0.250. The third-order valence-electron chi connectivity index (χ3n) is 3.16. The molecule has 2 aromatic rings. The van der Waals surface area contributed by atoms with Gasteiger partial charge < -0.3 is 4.74 Å². The second-order valence-electron chi connectivity index (χ2n) is 4.18. The summed E-state index contributed by atoms with van der Waals surface area (Å²) in [7, 11) is 1.69. The Hall–Kier alpha value is -1.76. The normalized spacial score (nSPS) is 10.3. The van der Waals surface area contributed by atoms with Crippen LogP contribution >= 0.6 is 0 Å². The molecule has 0 saturated heterocycles. The molecule has 0 radical (unpaired) electrons. The standard InChI is InChI=1S/C16H18O/c1-4-15-12(2)6-5-7-16(15)13-8-10-14(17-3)11-9-13/h5-11H,4H2,1-3H3. The SMILES string of the molecule is CCc1c(C)cccc1-c1ccc(OC)cc1. The minimum Gasteiger partial charge on any atom is -0.497 e. The van der Waals surface area contributed by atoms with E-state index in [0.29, 0.717) is 0 Å². The molecule has 0 aliphatic carbocycles. The summed E-state index contributed by atoms with van der Waals surface area (Å²) in [6.45, 7) is 4.38. The highest BCUT2D eigenvalue weighted by atomic mass is 16.5. The van der Waals surface area contributed by atoms with Gasteiger partial charge in [0.25, 0.3) is 0 Å². The monoisotopic (exact) mass is 226 g/mol. The molecule has 0 bridgehead atoms. The molecule has 2 rings (SSSR count). The van der Waals surface area contributed by atoms with Gasteiger partial charge in [0.15, 0.2) is 0 Å². The number of ether oxygens (including phenoxy) is 1. The highest BCUT2D eigenvalue weighted by Crippen LogP contribution is 2.28. The highest BCUT2D eigenvalue weighted by molar-refractivity contribution is 5.69. The lowest BCUT2D eigenvalue weighted by Crippen LogP contribution is -1.91. The molecule has 88 valence electrons. The van der Waals surface area contributed by atoms with Crippen molar-refractivity contribution >= 4 is 0 Å². The first-order valence-corrected chi connectivity index (χ1v) is 5.99. The third-order valence-corrected chi connectivity index (χ3v) is 3.16. The molecule has 0 heterocycles. The van der Waals surface area contributed by atoms with Gasteiger partial charge in [-0.1, -0.05) is 37.3 Å². The summed E-state index contributed by atoms with van der Waals surface area (Å²) in [5.41, 5.74) is 5.37. The van der Waals surface area contributed by atoms with E-state index in [9.17, 15) is 0 Å². The zero-order valence-corrected chi connectivity index (χ0v) is 10.7. The maximum Gasteiger partial charge on any atom is 0.118 e. The van der Waals surface area contributed by atoms with Crippen molar-refractivity contribution in [2.45, 2.75) is 20.3 Å². The van der Waals surface area contributed by atoms with Gasteiger partial charge >= 0.3 is 0 Å². The molecule has 0 amide bonds. The predicted molar refractivity (Wildman–Crippen MR) is 72.5 cm³/mol. The minimum atomic E-state index is 0.902. The predicted octanol–water partition coefficient (Wildman–Crippen LogP) is 4.23. The Labute approximate surface area is 103 Å². The summed E-state index contributed by atoms with van der Waals surface area (Å²) in [5, 5.41) is 0. The Morgan fingerprint density at radius 3 is 2.29 bits per heavy atom. The van der Waals surface area contributed by atoms with Crippen molar-refractivity contribution < 1.29 is 4.74 Å². The fourth-order valence-corrected chi connectivity index (χ4v) is 2.21. The largest absolute Gasteiger partial charge is 0.497 e. The minimum absolute atomic E-state index is 0.902. The summed E-state index contributed by atoms with van der Waals surface area (Å²) in [6, 6.07) is 14.7. The maximum absolute atomic E-state index is 5.19. The summed E-state index contributed by atoms with van der Waals surface area (Å²) >= 11 is 0. The van der Waals surface area contributed by atoms with Crippen molar-refractivity contribution in [3.05, 3.63) is 53.6 Å². The molecule has 0 saturated carbocycles. The van der Waals surface area contributed by atoms with E-state index >= 15 is 0 Å². The van der Waals surface area contributed by atoms with Crippen LogP contribution in [0.25, 0.3) is 11.1 Å². The van der Waals surface area contributed by atoms with Gasteiger partial charge in [-0.25, -0.2) is 0 Å². The Kier molecular flexibility index (Phi) is 3.48. The molecule has 0 atom stereocenters. The molecular formula is C16H18O. The van der Waals surface area contributed by atoms with Crippen molar-refractivity contribution in [2.24, 2.45) is 0 Å². The average Bonchev–Trinajstić information content (AvgIpc) is 2.38. The van der Waals surface area contributed by atoms with Gasteiger partial charge in [-0.15, -0.1) is 0 Å². The zero-order valence-electron chi connectivity index (χ0n) is 10.7. The first-order chi connectivity index (χ1) is 8.26. The van der Waals surface area contributed by atoms with E-state index in [1.807, 2.05) is 12.1 Å². The summed E-state index contributed by atoms with van der Waals surface area (Å²) in [4.78, 5) is 0. The maximum atomic E-state index is 5.19. The molecule has 0 spiro atoms. The van der Waals surface area contributed by atoms with Crippen molar-refractivity contribution in [2.75, 3.05) is 7.11 Å². The average molecular weight is 226 g/mol. The second kappa shape index (κ2) is 5.05. The molecule has 0 unspecified atom stereocenters. The van der Waals surface area contributed by atoms with Crippen LogP contribution in [0.3, 0.4) is 0 Å². The lowest BCUT2D eigenvalue weighted by Gasteiger charge is -2.11. The van der Waals surface area contributed by atoms with Crippen LogP contribution in [0, 0.1) is 6.92 Å². The number of aryl methyl sites for hydroxylation is 1. The quantitative estimate of drug-likeness (QED) is 0.761. The smallest absolute Gasteiger partial charge is 0.118 e. The number of hydrogen-bond acceptors (Lipinski definition) is 1. The lowest BCUT2D eigenvalue weighted by atomic mass is 9.94. The van der Waals surface area contributed by atoms with Crippen LogP contribution in [-0.2, 0) is 6.42 Å². The van der Waals surface area contributed by atoms with Crippen LogP contribution < -0.4 is 4.74 Å². The van der Waals surface area contributed by atoms with Gasteiger partial charge in [0.2, 0.25) is 0 Å². The van der Waals surface area contributed by atoms with E-state index < -0.39 is 0 Å². The van der Waals surface area contributed by atoms with Crippen LogP contribution in [-0.4, -0.2) is 7.11 Å². The van der Waals surface area contributed by atoms with Crippen LogP contribution in [0.5, 0.6) is 5.75 Å². The molecule has 0 fully saturated rings. The van der Waals surface area contributed by atoms with E-state index in [4.69, 9.17) is 4.74 Å². The van der Waals surface area contributed by atoms with Crippen LogP contribution in [0.2, 0.25) is 0 Å². The lowest BCUT2D eigenvalue weighted by molar-refractivity contribution is 0.415. The Bertz CT molecular complexity index is 497. The summed E-state index contributed by atoms with van der Waals surface area (Å²) < 4.78 is 5.19. The van der Waals surface area contributed by atoms with Crippen LogP contribution in [0.15, 0.2) is 42.5 Å². The molecule has 1 heteroatoms. The van der Waals surface area contributed by atoms with E-state index in [1.54, 1.807) is 7.11 Å². The van der Waals surface area contributed by atoms with Crippen LogP contribution in [0.1, 0.15) is 18.1 Å². The molecule has 17 heavy (non-hydrogen) atoms. The van der Waals surface area contributed by atoms with Gasteiger partial charge in [0, 0.05) is 0 Å². The van der Waals surface area contributed by atoms with Gasteiger partial charge in [-0.3, -0.25) is 0 Å². The van der Waals surface area contributed by atoms with Crippen molar-refractivity contribution in [1.82, 2.24) is 0 Å². The van der Waals surface area contributed by atoms with Crippen LogP contribution in [0.4, 0.5) is 0 Å². The molecule has 0 aromatic heterocycles. The van der Waals surface area contributed by atoms with Crippen molar-refractivity contribution in [3.63, 3.8) is 0 Å². The Morgan fingerprint density at radius 2 is 1.71 bits per heavy atom. The highest BCUT2D eigenvalue weighted by Gasteiger charge is 2.05. The van der Waals surface area contributed by atoms with E-state index in [0.717, 1.165) is 12.2 Å². The number of rotatable bonds is 3. The number of benzene rings is 2. The van der Waals surface area contributed by atoms with Gasteiger partial charge in [-0.05, 0) is 47.7 Å². The molecule has 2 aromatic carbocycles. The number of hydrogen-bond donors (Lipinski definition) is 0. The summed E-state index contributed by atoms with van der Waals surface area (Å²) in [5.74, 6) is 0.902.